The number of Topliss-reactive ketones (excluding diaryl/α,β-unsaturated/α-hetero) is 1. The summed E-state index contributed by atoms with van der Waals surface area (Å²) in [6.45, 7) is 0.165. The van der Waals surface area contributed by atoms with E-state index < -0.39 is 23.8 Å². The fraction of sp³-hybridized carbons (Fsp3) is 0.125. The van der Waals surface area contributed by atoms with Gasteiger partial charge in [-0.1, -0.05) is 30.3 Å². The van der Waals surface area contributed by atoms with Gasteiger partial charge in [0.05, 0.1) is 17.8 Å². The summed E-state index contributed by atoms with van der Waals surface area (Å²) in [6.07, 6.45) is -4.86. The maximum atomic E-state index is 12.2. The summed E-state index contributed by atoms with van der Waals surface area (Å²) in [5, 5.41) is 0. The monoisotopic (exact) mass is 321 g/mol. The van der Waals surface area contributed by atoms with Crippen LogP contribution in [0.1, 0.15) is 15.9 Å². The number of amides is 1. The average molecular weight is 321 g/mol. The second-order valence-corrected chi connectivity index (χ2v) is 4.93. The molecule has 0 atom stereocenters. The van der Waals surface area contributed by atoms with Crippen LogP contribution in [0.3, 0.4) is 0 Å². The van der Waals surface area contributed by atoms with Gasteiger partial charge in [0, 0.05) is 0 Å². The summed E-state index contributed by atoms with van der Waals surface area (Å²) in [5.41, 5.74) is 0.989. The number of halogens is 3. The zero-order valence-electron chi connectivity index (χ0n) is 11.6. The van der Waals surface area contributed by atoms with Crippen LogP contribution in [0.4, 0.5) is 18.9 Å². The molecule has 1 amide bonds. The van der Waals surface area contributed by atoms with Crippen molar-refractivity contribution in [1.82, 2.24) is 0 Å². The molecule has 0 radical (unpaired) electrons. The first-order valence-corrected chi connectivity index (χ1v) is 6.65. The Morgan fingerprint density at radius 3 is 2.35 bits per heavy atom. The molecule has 0 saturated carbocycles. The van der Waals surface area contributed by atoms with Gasteiger partial charge in [0.1, 0.15) is 5.75 Å². The van der Waals surface area contributed by atoms with E-state index in [4.69, 9.17) is 0 Å². The molecule has 2 aromatic rings. The third kappa shape index (κ3) is 3.03. The summed E-state index contributed by atoms with van der Waals surface area (Å²) in [7, 11) is 0. The first kappa shape index (κ1) is 15.1. The number of hydrogen-bond acceptors (Lipinski definition) is 3. The summed E-state index contributed by atoms with van der Waals surface area (Å²) in [5.74, 6) is -2.14. The van der Waals surface area contributed by atoms with Crippen molar-refractivity contribution in [2.75, 3.05) is 4.90 Å². The van der Waals surface area contributed by atoms with Crippen molar-refractivity contribution in [3.05, 3.63) is 59.7 Å². The molecular formula is C16H10F3NO3. The number of benzene rings is 2. The van der Waals surface area contributed by atoms with Crippen LogP contribution in [0, 0.1) is 0 Å². The minimum absolute atomic E-state index is 0.0901. The van der Waals surface area contributed by atoms with E-state index in [1.54, 1.807) is 24.3 Å². The van der Waals surface area contributed by atoms with E-state index in [1.807, 2.05) is 6.07 Å². The van der Waals surface area contributed by atoms with Crippen molar-refractivity contribution >= 4 is 17.4 Å². The molecule has 118 valence electrons. The third-order valence-corrected chi connectivity index (χ3v) is 3.36. The van der Waals surface area contributed by atoms with Gasteiger partial charge in [0.25, 0.3) is 11.7 Å². The zero-order chi connectivity index (χ0) is 16.6. The van der Waals surface area contributed by atoms with Crippen molar-refractivity contribution in [2.24, 2.45) is 0 Å². The number of carbonyl (C=O) groups is 2. The zero-order valence-corrected chi connectivity index (χ0v) is 11.6. The van der Waals surface area contributed by atoms with Gasteiger partial charge in [-0.3, -0.25) is 9.59 Å². The van der Waals surface area contributed by atoms with Crippen molar-refractivity contribution in [3.8, 4) is 5.75 Å². The van der Waals surface area contributed by atoms with Crippen LogP contribution in [-0.4, -0.2) is 18.1 Å². The molecule has 0 saturated heterocycles. The highest BCUT2D eigenvalue weighted by atomic mass is 19.4. The molecule has 0 bridgehead atoms. The fourth-order valence-electron chi connectivity index (χ4n) is 2.40. The summed E-state index contributed by atoms with van der Waals surface area (Å²) < 4.78 is 40.5. The first-order valence-electron chi connectivity index (χ1n) is 6.65. The lowest BCUT2D eigenvalue weighted by Crippen LogP contribution is -2.29. The predicted octanol–water partition coefficient (Wildman–Crippen LogP) is 3.31. The summed E-state index contributed by atoms with van der Waals surface area (Å²) in [6, 6.07) is 12.3. The van der Waals surface area contributed by atoms with E-state index in [-0.39, 0.29) is 17.8 Å². The van der Waals surface area contributed by atoms with Gasteiger partial charge in [-0.05, 0) is 23.8 Å². The molecule has 7 heteroatoms. The van der Waals surface area contributed by atoms with Crippen molar-refractivity contribution in [3.63, 3.8) is 0 Å². The maximum absolute atomic E-state index is 12.2. The number of anilines is 1. The molecule has 23 heavy (non-hydrogen) atoms. The molecule has 2 aromatic carbocycles. The van der Waals surface area contributed by atoms with Crippen LogP contribution < -0.4 is 9.64 Å². The van der Waals surface area contributed by atoms with Crippen LogP contribution >= 0.6 is 0 Å². The molecule has 0 spiro atoms. The Kier molecular flexibility index (Phi) is 3.55. The van der Waals surface area contributed by atoms with E-state index in [0.717, 1.165) is 17.7 Å². The minimum Gasteiger partial charge on any atom is -0.406 e. The van der Waals surface area contributed by atoms with Crippen LogP contribution in [0.5, 0.6) is 5.75 Å². The predicted molar refractivity (Wildman–Crippen MR) is 75.1 cm³/mol. The molecule has 0 aromatic heterocycles. The number of nitrogens with zero attached hydrogens (tertiary/aromatic N) is 1. The molecule has 1 heterocycles. The van der Waals surface area contributed by atoms with Gasteiger partial charge in [0.15, 0.2) is 0 Å². The summed E-state index contributed by atoms with van der Waals surface area (Å²) in [4.78, 5) is 25.3. The number of ether oxygens (including phenoxy) is 1. The molecular weight excluding hydrogens is 311 g/mol. The Balaban J connectivity index is 1.92. The molecule has 0 unspecified atom stereocenters. The second kappa shape index (κ2) is 5.42. The Labute approximate surface area is 129 Å². The van der Waals surface area contributed by atoms with Gasteiger partial charge < -0.3 is 9.64 Å². The minimum atomic E-state index is -4.86. The highest BCUT2D eigenvalue weighted by molar-refractivity contribution is 6.52. The Morgan fingerprint density at radius 2 is 1.70 bits per heavy atom. The lowest BCUT2D eigenvalue weighted by Gasteiger charge is -2.17. The lowest BCUT2D eigenvalue weighted by molar-refractivity contribution is -0.274. The van der Waals surface area contributed by atoms with Gasteiger partial charge in [0.2, 0.25) is 0 Å². The highest BCUT2D eigenvalue weighted by Gasteiger charge is 2.37. The van der Waals surface area contributed by atoms with E-state index in [1.165, 1.54) is 11.0 Å². The van der Waals surface area contributed by atoms with E-state index in [0.29, 0.717) is 0 Å². The molecule has 0 aliphatic carbocycles. The Hall–Kier alpha value is -2.83. The molecule has 4 nitrogen and oxygen atoms in total. The topological polar surface area (TPSA) is 46.6 Å². The Morgan fingerprint density at radius 1 is 1.00 bits per heavy atom. The third-order valence-electron chi connectivity index (χ3n) is 3.36. The van der Waals surface area contributed by atoms with Crippen LogP contribution in [0.25, 0.3) is 0 Å². The van der Waals surface area contributed by atoms with Crippen molar-refractivity contribution in [1.29, 1.82) is 0 Å². The van der Waals surface area contributed by atoms with Gasteiger partial charge in [-0.2, -0.15) is 0 Å². The quantitative estimate of drug-likeness (QED) is 0.815. The van der Waals surface area contributed by atoms with E-state index in [9.17, 15) is 22.8 Å². The van der Waals surface area contributed by atoms with Crippen molar-refractivity contribution < 1.29 is 27.5 Å². The van der Waals surface area contributed by atoms with Crippen molar-refractivity contribution in [2.45, 2.75) is 12.9 Å². The van der Waals surface area contributed by atoms with Crippen LogP contribution in [-0.2, 0) is 11.3 Å². The number of ketones is 1. The molecule has 1 aliphatic rings. The number of hydrogen-bond donors (Lipinski definition) is 0. The van der Waals surface area contributed by atoms with E-state index >= 15 is 0 Å². The van der Waals surface area contributed by atoms with Gasteiger partial charge in [-0.25, -0.2) is 0 Å². The van der Waals surface area contributed by atoms with E-state index in [2.05, 4.69) is 4.74 Å². The standard InChI is InChI=1S/C16H10F3NO3/c17-16(18,19)23-11-6-7-13-12(8-11)14(21)15(22)20(13)9-10-4-2-1-3-5-10/h1-8H,9H2. The number of fused-ring (bicyclic) bond motifs is 1. The van der Waals surface area contributed by atoms with Gasteiger partial charge >= 0.3 is 6.36 Å². The number of carbonyl (C=O) groups excluding carboxylic acids is 2. The molecule has 0 fully saturated rings. The Bertz CT molecular complexity index is 772. The fourth-order valence-corrected chi connectivity index (χ4v) is 2.40. The SMILES string of the molecule is O=C1C(=O)N(Cc2ccccc2)c2ccc(OC(F)(F)F)cc21. The number of alkyl halides is 3. The van der Waals surface area contributed by atoms with Crippen LogP contribution in [0.2, 0.25) is 0 Å². The highest BCUT2D eigenvalue weighted by Crippen LogP contribution is 2.34. The van der Waals surface area contributed by atoms with Crippen LogP contribution in [0.15, 0.2) is 48.5 Å². The maximum Gasteiger partial charge on any atom is 0.573 e. The largest absolute Gasteiger partial charge is 0.573 e. The average Bonchev–Trinajstić information content (AvgIpc) is 2.72. The smallest absolute Gasteiger partial charge is 0.406 e. The first-order chi connectivity index (χ1) is 10.8. The summed E-state index contributed by atoms with van der Waals surface area (Å²) >= 11 is 0. The molecule has 1 aliphatic heterocycles. The normalized spacial score (nSPS) is 14.1. The molecule has 0 N–H and O–H groups in total. The lowest BCUT2D eigenvalue weighted by atomic mass is 10.1. The number of rotatable bonds is 3. The second-order valence-electron chi connectivity index (χ2n) is 4.93. The molecule has 3 rings (SSSR count). The van der Waals surface area contributed by atoms with Gasteiger partial charge in [-0.15, -0.1) is 13.2 Å².